The Morgan fingerprint density at radius 3 is 2.58 bits per heavy atom. The Morgan fingerprint density at radius 2 is 1.96 bits per heavy atom. The van der Waals surface area contributed by atoms with Crippen molar-refractivity contribution in [3.63, 3.8) is 0 Å². The van der Waals surface area contributed by atoms with Gasteiger partial charge in [0, 0.05) is 19.7 Å². The highest BCUT2D eigenvalue weighted by atomic mass is 19.3. The highest BCUT2D eigenvalue weighted by Crippen LogP contribution is 2.15. The second-order valence-electron chi connectivity index (χ2n) is 5.23. The van der Waals surface area contributed by atoms with E-state index < -0.39 is 25.1 Å². The Hall–Kier alpha value is -3.16. The van der Waals surface area contributed by atoms with Crippen LogP contribution in [0.3, 0.4) is 0 Å². The number of carbonyl (C=O) groups is 2. The quantitative estimate of drug-likeness (QED) is 0.531. The van der Waals surface area contributed by atoms with Gasteiger partial charge in [-0.25, -0.2) is 4.79 Å². The molecule has 0 fully saturated rings. The number of nitrogens with zero attached hydrogens (tertiary/aromatic N) is 1. The Kier molecular flexibility index (Phi) is 6.90. The molecule has 0 aliphatic rings. The molecule has 0 radical (unpaired) electrons. The third kappa shape index (κ3) is 6.39. The molecule has 1 heterocycles. The van der Waals surface area contributed by atoms with Gasteiger partial charge in [-0.3, -0.25) is 4.79 Å². The molecular formula is C18H17F2NO5. The van der Waals surface area contributed by atoms with Gasteiger partial charge in [-0.05, 0) is 35.9 Å². The van der Waals surface area contributed by atoms with E-state index in [9.17, 15) is 18.4 Å². The van der Waals surface area contributed by atoms with Crippen molar-refractivity contribution in [2.24, 2.45) is 0 Å². The molecule has 0 aliphatic carbocycles. The van der Waals surface area contributed by atoms with Gasteiger partial charge in [0.15, 0.2) is 6.61 Å². The number of amides is 1. The SMILES string of the molecule is CN(Cc1ccc(OC(F)F)cc1)C(=O)COC(=O)/C=C/c1ccco1. The first-order valence-corrected chi connectivity index (χ1v) is 7.60. The third-order valence-electron chi connectivity index (χ3n) is 3.26. The van der Waals surface area contributed by atoms with Crippen LogP contribution in [0.1, 0.15) is 11.3 Å². The summed E-state index contributed by atoms with van der Waals surface area (Å²) >= 11 is 0. The molecule has 138 valence electrons. The average Bonchev–Trinajstić information content (AvgIpc) is 3.12. The summed E-state index contributed by atoms with van der Waals surface area (Å²) in [6, 6.07) is 9.26. The van der Waals surface area contributed by atoms with Crippen LogP contribution < -0.4 is 4.74 Å². The lowest BCUT2D eigenvalue weighted by molar-refractivity contribution is -0.147. The summed E-state index contributed by atoms with van der Waals surface area (Å²) in [5.41, 5.74) is 0.714. The average molecular weight is 365 g/mol. The Morgan fingerprint density at radius 1 is 1.23 bits per heavy atom. The standard InChI is InChI=1S/C18H17F2NO5/c1-21(11-13-4-6-15(7-5-13)26-18(19)20)16(22)12-25-17(23)9-8-14-3-2-10-24-14/h2-10,18H,11-12H2,1H3/b9-8+. The van der Waals surface area contributed by atoms with Crippen LogP contribution in [0, 0.1) is 0 Å². The van der Waals surface area contributed by atoms with Gasteiger partial charge in [-0.2, -0.15) is 8.78 Å². The molecule has 1 aromatic carbocycles. The maximum atomic E-state index is 12.1. The van der Waals surface area contributed by atoms with Crippen molar-refractivity contribution in [3.8, 4) is 5.75 Å². The van der Waals surface area contributed by atoms with Gasteiger partial charge < -0.3 is 18.8 Å². The summed E-state index contributed by atoms with van der Waals surface area (Å²) < 4.78 is 38.3. The number of halogens is 2. The predicted molar refractivity (Wildman–Crippen MR) is 88.2 cm³/mol. The Balaban J connectivity index is 1.77. The number of furan rings is 1. The lowest BCUT2D eigenvalue weighted by atomic mass is 10.2. The molecule has 2 aromatic rings. The number of ether oxygens (including phenoxy) is 2. The van der Waals surface area contributed by atoms with Crippen molar-refractivity contribution in [2.45, 2.75) is 13.2 Å². The van der Waals surface area contributed by atoms with Gasteiger partial charge in [0.05, 0.1) is 6.26 Å². The van der Waals surface area contributed by atoms with Crippen LogP contribution in [0.2, 0.25) is 0 Å². The molecule has 6 nitrogen and oxygen atoms in total. The molecule has 1 aromatic heterocycles. The summed E-state index contributed by atoms with van der Waals surface area (Å²) in [7, 11) is 1.54. The minimum Gasteiger partial charge on any atom is -0.465 e. The van der Waals surface area contributed by atoms with Gasteiger partial charge in [-0.15, -0.1) is 0 Å². The smallest absolute Gasteiger partial charge is 0.387 e. The molecule has 8 heteroatoms. The summed E-state index contributed by atoms with van der Waals surface area (Å²) in [5.74, 6) is -0.547. The number of alkyl halides is 2. The van der Waals surface area contributed by atoms with Crippen LogP contribution in [-0.4, -0.2) is 37.0 Å². The van der Waals surface area contributed by atoms with E-state index in [1.54, 1.807) is 31.3 Å². The maximum Gasteiger partial charge on any atom is 0.387 e. The molecule has 0 spiro atoms. The highest BCUT2D eigenvalue weighted by Gasteiger charge is 2.12. The number of hydrogen-bond acceptors (Lipinski definition) is 5. The Labute approximate surface area is 148 Å². The fourth-order valence-corrected chi connectivity index (χ4v) is 1.97. The third-order valence-corrected chi connectivity index (χ3v) is 3.26. The fraction of sp³-hybridized carbons (Fsp3) is 0.222. The number of esters is 1. The van der Waals surface area contributed by atoms with Crippen LogP contribution in [0.25, 0.3) is 6.08 Å². The molecule has 0 N–H and O–H groups in total. The summed E-state index contributed by atoms with van der Waals surface area (Å²) in [5, 5.41) is 0. The zero-order valence-corrected chi connectivity index (χ0v) is 13.9. The van der Waals surface area contributed by atoms with Crippen molar-refractivity contribution in [2.75, 3.05) is 13.7 Å². The van der Waals surface area contributed by atoms with Gasteiger partial charge in [0.2, 0.25) is 0 Å². The topological polar surface area (TPSA) is 69.0 Å². The van der Waals surface area contributed by atoms with Crippen LogP contribution >= 0.6 is 0 Å². The zero-order valence-electron chi connectivity index (χ0n) is 13.9. The molecule has 0 atom stereocenters. The first-order chi connectivity index (χ1) is 12.4. The van der Waals surface area contributed by atoms with Gasteiger partial charge in [-0.1, -0.05) is 12.1 Å². The van der Waals surface area contributed by atoms with Gasteiger partial charge >= 0.3 is 12.6 Å². The van der Waals surface area contributed by atoms with Crippen LogP contribution in [-0.2, 0) is 20.9 Å². The number of carbonyl (C=O) groups excluding carboxylic acids is 2. The number of likely N-dealkylation sites (N-methyl/N-ethyl adjacent to an activating group) is 1. The van der Waals surface area contributed by atoms with Gasteiger partial charge in [0.25, 0.3) is 5.91 Å². The summed E-state index contributed by atoms with van der Waals surface area (Å²) in [6.45, 7) is -3.07. The van der Waals surface area contributed by atoms with Crippen molar-refractivity contribution in [3.05, 3.63) is 60.1 Å². The van der Waals surface area contributed by atoms with Crippen LogP contribution in [0.15, 0.2) is 53.2 Å². The zero-order chi connectivity index (χ0) is 18.9. The lowest BCUT2D eigenvalue weighted by Crippen LogP contribution is -2.30. The van der Waals surface area contributed by atoms with E-state index >= 15 is 0 Å². The minimum atomic E-state index is -2.89. The van der Waals surface area contributed by atoms with E-state index in [-0.39, 0.29) is 12.3 Å². The first-order valence-electron chi connectivity index (χ1n) is 7.60. The van der Waals surface area contributed by atoms with E-state index in [0.29, 0.717) is 11.3 Å². The van der Waals surface area contributed by atoms with E-state index in [2.05, 4.69) is 4.74 Å². The number of benzene rings is 1. The van der Waals surface area contributed by atoms with Crippen molar-refractivity contribution < 1.29 is 32.3 Å². The van der Waals surface area contributed by atoms with Crippen LogP contribution in [0.5, 0.6) is 5.75 Å². The van der Waals surface area contributed by atoms with Crippen LogP contribution in [0.4, 0.5) is 8.78 Å². The molecular weight excluding hydrogens is 348 g/mol. The molecule has 0 bridgehead atoms. The summed E-state index contributed by atoms with van der Waals surface area (Å²) in [4.78, 5) is 24.9. The van der Waals surface area contributed by atoms with E-state index in [0.717, 1.165) is 6.08 Å². The van der Waals surface area contributed by atoms with Gasteiger partial charge in [0.1, 0.15) is 11.5 Å². The molecule has 0 unspecified atom stereocenters. The van der Waals surface area contributed by atoms with Crippen molar-refractivity contribution >= 4 is 18.0 Å². The normalized spacial score (nSPS) is 10.9. The molecule has 0 saturated heterocycles. The van der Waals surface area contributed by atoms with E-state index in [1.807, 2.05) is 0 Å². The highest BCUT2D eigenvalue weighted by molar-refractivity contribution is 5.88. The summed E-state index contributed by atoms with van der Waals surface area (Å²) in [6.07, 6.45) is 4.06. The fourth-order valence-electron chi connectivity index (χ4n) is 1.97. The second-order valence-corrected chi connectivity index (χ2v) is 5.23. The predicted octanol–water partition coefficient (Wildman–Crippen LogP) is 3.10. The largest absolute Gasteiger partial charge is 0.465 e. The molecule has 1 amide bonds. The van der Waals surface area contributed by atoms with E-state index in [1.165, 1.54) is 29.4 Å². The number of hydrogen-bond donors (Lipinski definition) is 0. The van der Waals surface area contributed by atoms with Crippen molar-refractivity contribution in [1.82, 2.24) is 4.90 Å². The monoisotopic (exact) mass is 365 g/mol. The Bertz CT molecular complexity index is 741. The lowest BCUT2D eigenvalue weighted by Gasteiger charge is -2.17. The molecule has 0 aliphatic heterocycles. The molecule has 0 saturated carbocycles. The molecule has 2 rings (SSSR count). The van der Waals surface area contributed by atoms with E-state index in [4.69, 9.17) is 9.15 Å². The van der Waals surface area contributed by atoms with Crippen molar-refractivity contribution in [1.29, 1.82) is 0 Å². The maximum absolute atomic E-state index is 12.1. The first kappa shape index (κ1) is 19.2. The number of rotatable bonds is 8. The second kappa shape index (κ2) is 9.36. The molecule has 26 heavy (non-hydrogen) atoms. The minimum absolute atomic E-state index is 0.0370.